The molecule has 4 nitrogen and oxygen atoms in total. The minimum atomic E-state index is -0.387. The van der Waals surface area contributed by atoms with E-state index in [-0.39, 0.29) is 39.8 Å². The molecule has 1 aliphatic heterocycles. The molecule has 0 aromatic rings. The number of carbonyl (C=O) groups excluding carboxylic acids is 2. The van der Waals surface area contributed by atoms with Crippen LogP contribution in [0.4, 0.5) is 0 Å². The van der Waals surface area contributed by atoms with E-state index in [1.54, 1.807) is 12.7 Å². The van der Waals surface area contributed by atoms with Crippen LogP contribution in [0.5, 0.6) is 0 Å². The molecule has 5 aliphatic rings. The average Bonchev–Trinajstić information content (AvgIpc) is 3.21. The molecule has 0 amide bonds. The molecule has 5 rings (SSSR count). The Morgan fingerprint density at radius 2 is 1.77 bits per heavy atom. The van der Waals surface area contributed by atoms with Gasteiger partial charge in [0, 0.05) is 24.9 Å². The van der Waals surface area contributed by atoms with E-state index in [0.29, 0.717) is 30.0 Å². The second-order valence-corrected chi connectivity index (χ2v) is 12.5. The van der Waals surface area contributed by atoms with Crippen LogP contribution >= 0.6 is 0 Å². The van der Waals surface area contributed by atoms with Crippen molar-refractivity contribution < 1.29 is 19.1 Å². The van der Waals surface area contributed by atoms with Gasteiger partial charge in [-0.25, -0.2) is 0 Å². The predicted octanol–water partition coefficient (Wildman–Crippen LogP) is 5.70. The molecule has 0 spiro atoms. The van der Waals surface area contributed by atoms with Crippen LogP contribution in [0.1, 0.15) is 86.0 Å². The fraction of sp³-hybridized carbons (Fsp3) is 0.852. The number of ketones is 1. The summed E-state index contributed by atoms with van der Waals surface area (Å²) < 4.78 is 11.1. The first kappa shape index (κ1) is 21.7. The first-order chi connectivity index (χ1) is 14.5. The number of cyclic esters (lactones) is 1. The molecule has 0 bridgehead atoms. The standard InChI is InChI=1S/C27H40O4/c1-24(2)20-8-7-19-18(25(20,3)12-11-21(24)28)10-14-26(4)17(9-13-27(19,26)5)16-15-22(29)31-23(16)30-6/h7,16-18,20,23H,8-15H2,1-6H3/t16-,17-,18-,20-,23?,25+,26-,27+/m0/s1. The molecule has 0 aromatic carbocycles. The largest absolute Gasteiger partial charge is 0.435 e. The van der Waals surface area contributed by atoms with Crippen LogP contribution in [-0.4, -0.2) is 25.2 Å². The summed E-state index contributed by atoms with van der Waals surface area (Å²) in [6.07, 6.45) is 10.2. The van der Waals surface area contributed by atoms with Gasteiger partial charge in [0.1, 0.15) is 5.78 Å². The maximum Gasteiger partial charge on any atom is 0.308 e. The van der Waals surface area contributed by atoms with Crippen LogP contribution in [0.25, 0.3) is 0 Å². The number of ether oxygens (including phenoxy) is 2. The molecule has 0 radical (unpaired) electrons. The van der Waals surface area contributed by atoms with Crippen LogP contribution in [0.2, 0.25) is 0 Å². The van der Waals surface area contributed by atoms with Gasteiger partial charge >= 0.3 is 5.97 Å². The van der Waals surface area contributed by atoms with E-state index in [4.69, 9.17) is 9.47 Å². The van der Waals surface area contributed by atoms with E-state index in [0.717, 1.165) is 25.7 Å². The van der Waals surface area contributed by atoms with E-state index in [1.165, 1.54) is 19.3 Å². The lowest BCUT2D eigenvalue weighted by atomic mass is 9.41. The Morgan fingerprint density at radius 3 is 2.48 bits per heavy atom. The summed E-state index contributed by atoms with van der Waals surface area (Å²) in [6, 6.07) is 0. The molecule has 31 heavy (non-hydrogen) atoms. The third kappa shape index (κ3) is 2.63. The summed E-state index contributed by atoms with van der Waals surface area (Å²) in [4.78, 5) is 24.9. The van der Waals surface area contributed by atoms with Gasteiger partial charge in [-0.2, -0.15) is 0 Å². The SMILES string of the molecule is COC1OC(=O)C[C@H]1[C@@H]1CC[C@]2(C)C3=CC[C@H]4C(C)(C)C(=O)CC[C@]4(C)[C@H]3CC[C@@]12C. The van der Waals surface area contributed by atoms with Crippen LogP contribution in [-0.2, 0) is 19.1 Å². The number of hydrogen-bond acceptors (Lipinski definition) is 4. The first-order valence-electron chi connectivity index (χ1n) is 12.4. The predicted molar refractivity (Wildman–Crippen MR) is 119 cm³/mol. The molecule has 4 heteroatoms. The van der Waals surface area contributed by atoms with Crippen molar-refractivity contribution in [3.05, 3.63) is 11.6 Å². The van der Waals surface area contributed by atoms with Gasteiger partial charge in [0.2, 0.25) is 6.29 Å². The van der Waals surface area contributed by atoms with Crippen molar-refractivity contribution in [2.45, 2.75) is 92.3 Å². The monoisotopic (exact) mass is 428 g/mol. The zero-order valence-corrected chi connectivity index (χ0v) is 20.3. The molecule has 172 valence electrons. The van der Waals surface area contributed by atoms with Gasteiger partial charge in [-0.3, -0.25) is 9.59 Å². The van der Waals surface area contributed by atoms with Crippen LogP contribution in [0.15, 0.2) is 11.6 Å². The van der Waals surface area contributed by atoms with E-state index in [2.05, 4.69) is 40.7 Å². The van der Waals surface area contributed by atoms with Crippen molar-refractivity contribution in [3.63, 3.8) is 0 Å². The number of carbonyl (C=O) groups is 2. The van der Waals surface area contributed by atoms with Crippen molar-refractivity contribution in [3.8, 4) is 0 Å². The van der Waals surface area contributed by atoms with Crippen molar-refractivity contribution in [2.24, 2.45) is 45.3 Å². The Labute approximate surface area is 187 Å². The zero-order valence-electron chi connectivity index (χ0n) is 20.3. The number of esters is 1. The lowest BCUT2D eigenvalue weighted by molar-refractivity contribution is -0.166. The summed E-state index contributed by atoms with van der Waals surface area (Å²) in [5.74, 6) is 1.99. The quantitative estimate of drug-likeness (QED) is 0.418. The molecule has 0 N–H and O–H groups in total. The Kier molecular flexibility index (Phi) is 4.67. The molecule has 1 heterocycles. The number of rotatable bonds is 2. The zero-order chi connectivity index (χ0) is 22.4. The fourth-order valence-electron chi connectivity index (χ4n) is 9.35. The van der Waals surface area contributed by atoms with Crippen LogP contribution in [0.3, 0.4) is 0 Å². The molecule has 4 aliphatic carbocycles. The number of Topliss-reactive ketones (excluding diaryl/α,β-unsaturated/α-hetero) is 1. The number of allylic oxidation sites excluding steroid dienone is 2. The van der Waals surface area contributed by atoms with Gasteiger partial charge in [-0.1, -0.05) is 46.3 Å². The van der Waals surface area contributed by atoms with Crippen LogP contribution < -0.4 is 0 Å². The van der Waals surface area contributed by atoms with E-state index in [9.17, 15) is 9.59 Å². The Hall–Kier alpha value is -1.16. The Bertz CT molecular complexity index is 842. The summed E-state index contributed by atoms with van der Waals surface area (Å²) in [5.41, 5.74) is 1.98. The Morgan fingerprint density at radius 1 is 1.03 bits per heavy atom. The molecule has 1 unspecified atom stereocenters. The van der Waals surface area contributed by atoms with E-state index < -0.39 is 0 Å². The highest BCUT2D eigenvalue weighted by Gasteiger charge is 2.66. The number of methoxy groups -OCH3 is 1. The Balaban J connectivity index is 1.51. The molecular formula is C27H40O4. The minimum Gasteiger partial charge on any atom is -0.435 e. The van der Waals surface area contributed by atoms with Gasteiger partial charge < -0.3 is 9.47 Å². The normalized spacial score (nSPS) is 50.9. The minimum absolute atomic E-state index is 0.107. The van der Waals surface area contributed by atoms with Crippen molar-refractivity contribution >= 4 is 11.8 Å². The topological polar surface area (TPSA) is 52.6 Å². The number of hydrogen-bond donors (Lipinski definition) is 0. The maximum absolute atomic E-state index is 12.8. The maximum atomic E-state index is 12.8. The fourth-order valence-corrected chi connectivity index (χ4v) is 9.35. The number of fused-ring (bicyclic) bond motifs is 5. The second-order valence-electron chi connectivity index (χ2n) is 12.5. The van der Waals surface area contributed by atoms with Gasteiger partial charge in [-0.05, 0) is 72.5 Å². The van der Waals surface area contributed by atoms with E-state index >= 15 is 0 Å². The summed E-state index contributed by atoms with van der Waals surface area (Å²) in [6.45, 7) is 11.9. The highest BCUT2D eigenvalue weighted by Crippen LogP contribution is 2.73. The highest BCUT2D eigenvalue weighted by atomic mass is 16.7. The summed E-state index contributed by atoms with van der Waals surface area (Å²) >= 11 is 0. The van der Waals surface area contributed by atoms with Crippen molar-refractivity contribution in [1.82, 2.24) is 0 Å². The van der Waals surface area contributed by atoms with Gasteiger partial charge in [-0.15, -0.1) is 0 Å². The third-order valence-corrected chi connectivity index (χ3v) is 11.4. The highest BCUT2D eigenvalue weighted by molar-refractivity contribution is 5.85. The van der Waals surface area contributed by atoms with E-state index in [1.807, 2.05) is 0 Å². The van der Waals surface area contributed by atoms with Crippen LogP contribution in [0, 0.1) is 45.3 Å². The third-order valence-electron chi connectivity index (χ3n) is 11.4. The average molecular weight is 429 g/mol. The molecule has 4 fully saturated rings. The first-order valence-corrected chi connectivity index (χ1v) is 12.4. The molecule has 1 saturated heterocycles. The van der Waals surface area contributed by atoms with Crippen molar-refractivity contribution in [2.75, 3.05) is 7.11 Å². The lowest BCUT2D eigenvalue weighted by Crippen LogP contribution is -2.57. The molecule has 8 atom stereocenters. The van der Waals surface area contributed by atoms with Gasteiger partial charge in [0.15, 0.2) is 0 Å². The lowest BCUT2D eigenvalue weighted by Gasteiger charge is -2.63. The molecule has 3 saturated carbocycles. The van der Waals surface area contributed by atoms with Gasteiger partial charge in [0.05, 0.1) is 6.42 Å². The summed E-state index contributed by atoms with van der Waals surface area (Å²) in [5, 5.41) is 0. The second kappa shape index (κ2) is 6.68. The molecular weight excluding hydrogens is 388 g/mol. The van der Waals surface area contributed by atoms with Crippen molar-refractivity contribution in [1.29, 1.82) is 0 Å². The van der Waals surface area contributed by atoms with Gasteiger partial charge in [0.25, 0.3) is 0 Å². The molecule has 0 aromatic heterocycles. The summed E-state index contributed by atoms with van der Waals surface area (Å²) in [7, 11) is 1.67. The smallest absolute Gasteiger partial charge is 0.308 e.